The second-order valence-corrected chi connectivity index (χ2v) is 6.98. The summed E-state index contributed by atoms with van der Waals surface area (Å²) >= 11 is 0. The van der Waals surface area contributed by atoms with Gasteiger partial charge in [-0.15, -0.1) is 0 Å². The van der Waals surface area contributed by atoms with Gasteiger partial charge in [0.05, 0.1) is 4.92 Å². The number of sulfonamides is 1. The Hall–Kier alpha value is -2.78. The van der Waals surface area contributed by atoms with Gasteiger partial charge >= 0.3 is 0 Å². The molecule has 0 radical (unpaired) electrons. The van der Waals surface area contributed by atoms with E-state index in [4.69, 9.17) is 0 Å². The van der Waals surface area contributed by atoms with Crippen molar-refractivity contribution in [2.45, 2.75) is 11.8 Å². The quantitative estimate of drug-likeness (QED) is 0.440. The van der Waals surface area contributed by atoms with Crippen molar-refractivity contribution in [1.29, 1.82) is 0 Å². The number of nitro benzene ring substituents is 1. The first-order chi connectivity index (χ1) is 11.8. The van der Waals surface area contributed by atoms with Crippen LogP contribution in [-0.4, -0.2) is 32.3 Å². The Bertz CT molecular complexity index is 879. The zero-order chi connectivity index (χ0) is 18.4. The lowest BCUT2D eigenvalue weighted by atomic mass is 10.1. The first-order valence-corrected chi connectivity index (χ1v) is 8.87. The number of hydrogen-bond acceptors (Lipinski definition) is 5. The van der Waals surface area contributed by atoms with Gasteiger partial charge in [0.15, 0.2) is 4.90 Å². The second kappa shape index (κ2) is 7.86. The molecule has 2 rings (SSSR count). The lowest BCUT2D eigenvalue weighted by Crippen LogP contribution is -2.34. The van der Waals surface area contributed by atoms with Gasteiger partial charge in [0.2, 0.25) is 10.0 Å². The molecular formula is C16H17N3O5S. The standard InChI is InChI=1S/C16H17N3O5S/c1-12-6-8-13(9-7-12)16(20)17-10-11-18-25(23,24)15-5-3-2-4-14(15)19(21)22/h2-9,18H,10-11H2,1H3,(H,17,20). The van der Waals surface area contributed by atoms with E-state index in [1.807, 2.05) is 6.92 Å². The van der Waals surface area contributed by atoms with Crippen molar-refractivity contribution in [2.75, 3.05) is 13.1 Å². The Kier molecular flexibility index (Phi) is 5.84. The van der Waals surface area contributed by atoms with E-state index in [1.165, 1.54) is 12.1 Å². The van der Waals surface area contributed by atoms with Gasteiger partial charge in [0, 0.05) is 24.7 Å². The van der Waals surface area contributed by atoms with Crippen LogP contribution >= 0.6 is 0 Å². The van der Waals surface area contributed by atoms with Crippen LogP contribution in [0.4, 0.5) is 5.69 Å². The summed E-state index contributed by atoms with van der Waals surface area (Å²) in [7, 11) is -4.05. The molecule has 0 atom stereocenters. The van der Waals surface area contributed by atoms with Crippen molar-refractivity contribution in [3.05, 3.63) is 69.8 Å². The van der Waals surface area contributed by atoms with Gasteiger partial charge in [-0.3, -0.25) is 14.9 Å². The Morgan fingerprint density at radius 3 is 2.36 bits per heavy atom. The molecular weight excluding hydrogens is 346 g/mol. The van der Waals surface area contributed by atoms with Gasteiger partial charge in [0.1, 0.15) is 0 Å². The number of nitrogens with zero attached hydrogens (tertiary/aromatic N) is 1. The number of amides is 1. The molecule has 2 aromatic rings. The molecule has 0 saturated carbocycles. The molecule has 132 valence electrons. The third kappa shape index (κ3) is 4.85. The maximum atomic E-state index is 12.2. The molecule has 0 aliphatic carbocycles. The maximum Gasteiger partial charge on any atom is 0.289 e. The van der Waals surface area contributed by atoms with E-state index < -0.39 is 25.5 Å². The summed E-state index contributed by atoms with van der Waals surface area (Å²) in [5.41, 5.74) is 0.986. The van der Waals surface area contributed by atoms with Crippen LogP contribution in [-0.2, 0) is 10.0 Å². The molecule has 2 N–H and O–H groups in total. The fourth-order valence-electron chi connectivity index (χ4n) is 2.08. The number of carbonyl (C=O) groups excluding carboxylic acids is 1. The van der Waals surface area contributed by atoms with Crippen LogP contribution in [0.15, 0.2) is 53.4 Å². The first kappa shape index (κ1) is 18.6. The number of hydrogen-bond donors (Lipinski definition) is 2. The van der Waals surface area contributed by atoms with Crippen LogP contribution in [0.1, 0.15) is 15.9 Å². The van der Waals surface area contributed by atoms with Crippen molar-refractivity contribution in [3.63, 3.8) is 0 Å². The van der Waals surface area contributed by atoms with E-state index in [-0.39, 0.29) is 19.0 Å². The molecule has 0 spiro atoms. The van der Waals surface area contributed by atoms with Crippen molar-refractivity contribution in [1.82, 2.24) is 10.0 Å². The topological polar surface area (TPSA) is 118 Å². The summed E-state index contributed by atoms with van der Waals surface area (Å²) in [6.07, 6.45) is 0. The van der Waals surface area contributed by atoms with Crippen molar-refractivity contribution < 1.29 is 18.1 Å². The van der Waals surface area contributed by atoms with Gasteiger partial charge in [-0.2, -0.15) is 0 Å². The molecule has 0 fully saturated rings. The summed E-state index contributed by atoms with van der Waals surface area (Å²) < 4.78 is 26.6. The van der Waals surface area contributed by atoms with Crippen molar-refractivity contribution in [3.8, 4) is 0 Å². The third-order valence-electron chi connectivity index (χ3n) is 3.37. The lowest BCUT2D eigenvalue weighted by Gasteiger charge is -2.08. The zero-order valence-corrected chi connectivity index (χ0v) is 14.2. The Morgan fingerprint density at radius 2 is 1.72 bits per heavy atom. The number of nitro groups is 1. The minimum atomic E-state index is -4.05. The monoisotopic (exact) mass is 363 g/mol. The molecule has 0 bridgehead atoms. The molecule has 9 heteroatoms. The average Bonchev–Trinajstić information content (AvgIpc) is 2.59. The lowest BCUT2D eigenvalue weighted by molar-refractivity contribution is -0.387. The largest absolute Gasteiger partial charge is 0.351 e. The number of benzene rings is 2. The minimum absolute atomic E-state index is 0.0482. The van der Waals surface area contributed by atoms with Gasteiger partial charge < -0.3 is 5.32 Å². The molecule has 0 aromatic heterocycles. The Balaban J connectivity index is 1.94. The fraction of sp³-hybridized carbons (Fsp3) is 0.188. The van der Waals surface area contributed by atoms with Gasteiger partial charge in [-0.1, -0.05) is 29.8 Å². The first-order valence-electron chi connectivity index (χ1n) is 7.39. The summed E-state index contributed by atoms with van der Waals surface area (Å²) in [6.45, 7) is 1.86. The van der Waals surface area contributed by atoms with E-state index in [1.54, 1.807) is 24.3 Å². The third-order valence-corrected chi connectivity index (χ3v) is 4.88. The highest BCUT2D eigenvalue weighted by molar-refractivity contribution is 7.89. The number of para-hydroxylation sites is 1. The van der Waals surface area contributed by atoms with Crippen molar-refractivity contribution in [2.24, 2.45) is 0 Å². The smallest absolute Gasteiger partial charge is 0.289 e. The molecule has 0 aliphatic heterocycles. The molecule has 25 heavy (non-hydrogen) atoms. The predicted molar refractivity (Wildman–Crippen MR) is 91.8 cm³/mol. The minimum Gasteiger partial charge on any atom is -0.351 e. The van der Waals surface area contributed by atoms with Crippen LogP contribution in [0.3, 0.4) is 0 Å². The molecule has 0 unspecified atom stereocenters. The van der Waals surface area contributed by atoms with Gasteiger partial charge in [-0.25, -0.2) is 13.1 Å². The number of nitrogens with one attached hydrogen (secondary N) is 2. The van der Waals surface area contributed by atoms with Crippen LogP contribution in [0.5, 0.6) is 0 Å². The van der Waals surface area contributed by atoms with Crippen LogP contribution in [0, 0.1) is 17.0 Å². The van der Waals surface area contributed by atoms with Crippen LogP contribution in [0.2, 0.25) is 0 Å². The summed E-state index contributed by atoms with van der Waals surface area (Å²) in [6, 6.07) is 12.0. The SMILES string of the molecule is Cc1ccc(C(=O)NCCNS(=O)(=O)c2ccccc2[N+](=O)[O-])cc1. The molecule has 0 heterocycles. The van der Waals surface area contributed by atoms with Crippen LogP contribution < -0.4 is 10.0 Å². The van der Waals surface area contributed by atoms with Crippen LogP contribution in [0.25, 0.3) is 0 Å². The summed E-state index contributed by atoms with van der Waals surface area (Å²) in [5, 5.41) is 13.5. The van der Waals surface area contributed by atoms with E-state index >= 15 is 0 Å². The summed E-state index contributed by atoms with van der Waals surface area (Å²) in [4.78, 5) is 21.7. The number of aryl methyl sites for hydroxylation is 1. The molecule has 8 nitrogen and oxygen atoms in total. The van der Waals surface area contributed by atoms with E-state index in [2.05, 4.69) is 10.0 Å². The highest BCUT2D eigenvalue weighted by Gasteiger charge is 2.24. The fourth-order valence-corrected chi connectivity index (χ4v) is 3.28. The zero-order valence-electron chi connectivity index (χ0n) is 13.4. The Labute approximate surface area is 145 Å². The highest BCUT2D eigenvalue weighted by Crippen LogP contribution is 2.22. The normalized spacial score (nSPS) is 11.1. The molecule has 0 aliphatic rings. The molecule has 0 saturated heterocycles. The second-order valence-electron chi connectivity index (χ2n) is 5.24. The van der Waals surface area contributed by atoms with Gasteiger partial charge in [0.25, 0.3) is 11.6 Å². The highest BCUT2D eigenvalue weighted by atomic mass is 32.2. The van der Waals surface area contributed by atoms with Crippen molar-refractivity contribution >= 4 is 21.6 Å². The maximum absolute atomic E-state index is 12.2. The predicted octanol–water partition coefficient (Wildman–Crippen LogP) is 1.61. The molecule has 1 amide bonds. The van der Waals surface area contributed by atoms with E-state index in [9.17, 15) is 23.3 Å². The Morgan fingerprint density at radius 1 is 1.08 bits per heavy atom. The number of rotatable bonds is 7. The van der Waals surface area contributed by atoms with E-state index in [0.29, 0.717) is 5.56 Å². The van der Waals surface area contributed by atoms with Gasteiger partial charge in [-0.05, 0) is 25.1 Å². The average molecular weight is 363 g/mol. The summed E-state index contributed by atoms with van der Waals surface area (Å²) in [5.74, 6) is -0.329. The molecule has 2 aromatic carbocycles. The van der Waals surface area contributed by atoms with E-state index in [0.717, 1.165) is 17.7 Å². The number of carbonyl (C=O) groups is 1.